The number of aliphatic imine (C=N–C) groups is 2. The fraction of sp³-hybridized carbons (Fsp3) is 0.667. The standard InChI is InChI=1S/C6H14N6/c1-3(11-5(7)8)4-2-10-6(9)12-4/h3-4H,2H2,1H3,(H4,7,8,11)(H3,9,10,12). The van der Waals surface area contributed by atoms with E-state index in [4.69, 9.17) is 17.2 Å². The Hall–Kier alpha value is -1.46. The lowest BCUT2D eigenvalue weighted by molar-refractivity contribution is 0.550. The van der Waals surface area contributed by atoms with Gasteiger partial charge in [0.2, 0.25) is 0 Å². The van der Waals surface area contributed by atoms with Crippen LogP contribution in [0.25, 0.3) is 0 Å². The third-order valence-corrected chi connectivity index (χ3v) is 1.73. The van der Waals surface area contributed by atoms with Crippen LogP contribution < -0.4 is 22.5 Å². The van der Waals surface area contributed by atoms with Gasteiger partial charge in [-0.1, -0.05) is 0 Å². The van der Waals surface area contributed by atoms with Crippen molar-refractivity contribution < 1.29 is 0 Å². The Kier molecular flexibility index (Phi) is 2.37. The van der Waals surface area contributed by atoms with Crippen molar-refractivity contribution in [2.75, 3.05) is 6.54 Å². The normalized spacial score (nSPS) is 24.1. The van der Waals surface area contributed by atoms with Gasteiger partial charge >= 0.3 is 0 Å². The molecule has 0 fully saturated rings. The van der Waals surface area contributed by atoms with E-state index >= 15 is 0 Å². The van der Waals surface area contributed by atoms with Crippen molar-refractivity contribution in [3.63, 3.8) is 0 Å². The van der Waals surface area contributed by atoms with E-state index in [0.717, 1.165) is 0 Å². The van der Waals surface area contributed by atoms with Crippen LogP contribution in [-0.2, 0) is 0 Å². The molecule has 12 heavy (non-hydrogen) atoms. The van der Waals surface area contributed by atoms with E-state index in [1.54, 1.807) is 0 Å². The lowest BCUT2D eigenvalue weighted by atomic mass is 10.1. The maximum atomic E-state index is 5.42. The Bertz CT molecular complexity index is 216. The van der Waals surface area contributed by atoms with Crippen LogP contribution >= 0.6 is 0 Å². The molecule has 1 aliphatic heterocycles. The molecule has 0 amide bonds. The molecule has 0 saturated carbocycles. The van der Waals surface area contributed by atoms with Crippen molar-refractivity contribution in [3.8, 4) is 0 Å². The lowest BCUT2D eigenvalue weighted by Gasteiger charge is -2.14. The molecule has 68 valence electrons. The van der Waals surface area contributed by atoms with Gasteiger partial charge in [-0.3, -0.25) is 4.99 Å². The molecule has 0 aromatic carbocycles. The largest absolute Gasteiger partial charge is 0.370 e. The Morgan fingerprint density at radius 2 is 2.42 bits per heavy atom. The molecule has 7 N–H and O–H groups in total. The van der Waals surface area contributed by atoms with E-state index in [0.29, 0.717) is 12.5 Å². The topological polar surface area (TPSA) is 115 Å². The van der Waals surface area contributed by atoms with E-state index in [1.165, 1.54) is 0 Å². The van der Waals surface area contributed by atoms with Crippen molar-refractivity contribution in [2.45, 2.75) is 19.0 Å². The SMILES string of the molecule is CC(N=C(N)N)C1CN=C(N)N1. The van der Waals surface area contributed by atoms with Gasteiger partial charge in [-0.2, -0.15) is 0 Å². The fourth-order valence-electron chi connectivity index (χ4n) is 1.08. The smallest absolute Gasteiger partial charge is 0.189 e. The molecule has 1 aliphatic rings. The van der Waals surface area contributed by atoms with Gasteiger partial charge in [0.1, 0.15) is 0 Å². The molecule has 0 aromatic heterocycles. The van der Waals surface area contributed by atoms with Gasteiger partial charge in [0, 0.05) is 0 Å². The molecule has 6 nitrogen and oxygen atoms in total. The van der Waals surface area contributed by atoms with Crippen molar-refractivity contribution in [3.05, 3.63) is 0 Å². The van der Waals surface area contributed by atoms with Crippen LogP contribution in [0, 0.1) is 0 Å². The van der Waals surface area contributed by atoms with Crippen molar-refractivity contribution in [1.82, 2.24) is 5.32 Å². The number of nitrogens with one attached hydrogen (secondary N) is 1. The number of hydrogen-bond donors (Lipinski definition) is 4. The number of nitrogens with two attached hydrogens (primary N) is 3. The summed E-state index contributed by atoms with van der Waals surface area (Å²) >= 11 is 0. The minimum Gasteiger partial charge on any atom is -0.370 e. The molecule has 2 unspecified atom stereocenters. The first kappa shape index (κ1) is 8.63. The first-order valence-electron chi connectivity index (χ1n) is 3.75. The number of guanidine groups is 2. The highest BCUT2D eigenvalue weighted by Gasteiger charge is 2.21. The van der Waals surface area contributed by atoms with Gasteiger partial charge in [-0.05, 0) is 6.92 Å². The number of hydrogen-bond acceptors (Lipinski definition) is 4. The maximum Gasteiger partial charge on any atom is 0.189 e. The molecule has 1 heterocycles. The average Bonchev–Trinajstić information content (AvgIpc) is 2.34. The summed E-state index contributed by atoms with van der Waals surface area (Å²) in [6, 6.07) is 0.117. The number of nitrogens with zero attached hydrogens (tertiary/aromatic N) is 2. The molecule has 0 spiro atoms. The van der Waals surface area contributed by atoms with Crippen molar-refractivity contribution in [1.29, 1.82) is 0 Å². The quantitative estimate of drug-likeness (QED) is 0.281. The molecule has 0 aromatic rings. The summed E-state index contributed by atoms with van der Waals surface area (Å²) in [5.74, 6) is 0.549. The lowest BCUT2D eigenvalue weighted by Crippen LogP contribution is -2.42. The van der Waals surface area contributed by atoms with E-state index in [9.17, 15) is 0 Å². The van der Waals surface area contributed by atoms with Crippen LogP contribution in [-0.4, -0.2) is 30.5 Å². The summed E-state index contributed by atoms with van der Waals surface area (Å²) in [5.41, 5.74) is 15.9. The molecular formula is C6H14N6. The fourth-order valence-corrected chi connectivity index (χ4v) is 1.08. The van der Waals surface area contributed by atoms with Crippen LogP contribution in [0.2, 0.25) is 0 Å². The van der Waals surface area contributed by atoms with Crippen LogP contribution in [0.3, 0.4) is 0 Å². The highest BCUT2D eigenvalue weighted by atomic mass is 15.2. The first-order chi connectivity index (χ1) is 5.59. The van der Waals surface area contributed by atoms with E-state index in [-0.39, 0.29) is 18.0 Å². The molecule has 1 rings (SSSR count). The van der Waals surface area contributed by atoms with Crippen LogP contribution in [0.4, 0.5) is 0 Å². The predicted molar refractivity (Wildman–Crippen MR) is 48.7 cm³/mol. The zero-order chi connectivity index (χ0) is 9.14. The Morgan fingerprint density at radius 1 is 1.75 bits per heavy atom. The van der Waals surface area contributed by atoms with Gasteiger partial charge in [-0.25, -0.2) is 4.99 Å². The molecule has 0 aliphatic carbocycles. The van der Waals surface area contributed by atoms with Gasteiger partial charge in [-0.15, -0.1) is 0 Å². The summed E-state index contributed by atoms with van der Waals surface area (Å²) < 4.78 is 0. The van der Waals surface area contributed by atoms with E-state index in [1.807, 2.05) is 6.92 Å². The Balaban J connectivity index is 2.46. The van der Waals surface area contributed by atoms with Crippen LogP contribution in [0.1, 0.15) is 6.92 Å². The summed E-state index contributed by atoms with van der Waals surface area (Å²) in [6.07, 6.45) is 0. The molecule has 0 saturated heterocycles. The van der Waals surface area contributed by atoms with Gasteiger partial charge in [0.05, 0.1) is 18.6 Å². The van der Waals surface area contributed by atoms with E-state index in [2.05, 4.69) is 15.3 Å². The minimum atomic E-state index is -0.000185. The molecule has 6 heteroatoms. The first-order valence-corrected chi connectivity index (χ1v) is 3.75. The molecule has 0 bridgehead atoms. The monoisotopic (exact) mass is 170 g/mol. The van der Waals surface area contributed by atoms with Crippen molar-refractivity contribution >= 4 is 11.9 Å². The summed E-state index contributed by atoms with van der Waals surface area (Å²) in [7, 11) is 0. The predicted octanol–water partition coefficient (Wildman–Crippen LogP) is -2.07. The zero-order valence-corrected chi connectivity index (χ0v) is 6.99. The molecular weight excluding hydrogens is 156 g/mol. The third-order valence-electron chi connectivity index (χ3n) is 1.73. The van der Waals surface area contributed by atoms with Crippen LogP contribution in [0.15, 0.2) is 9.98 Å². The second kappa shape index (κ2) is 3.29. The summed E-state index contributed by atoms with van der Waals surface area (Å²) in [6.45, 7) is 2.54. The average molecular weight is 170 g/mol. The van der Waals surface area contributed by atoms with Gasteiger partial charge in [0.15, 0.2) is 11.9 Å². The molecule has 0 radical (unpaired) electrons. The summed E-state index contributed by atoms with van der Waals surface area (Å²) in [4.78, 5) is 7.95. The highest BCUT2D eigenvalue weighted by Crippen LogP contribution is 2.02. The second-order valence-electron chi connectivity index (χ2n) is 2.77. The summed E-state index contributed by atoms with van der Waals surface area (Å²) in [5, 5.41) is 2.97. The zero-order valence-electron chi connectivity index (χ0n) is 6.99. The Morgan fingerprint density at radius 3 is 2.83 bits per heavy atom. The minimum absolute atomic E-state index is 0.000185. The number of rotatable bonds is 2. The maximum absolute atomic E-state index is 5.42. The van der Waals surface area contributed by atoms with E-state index < -0.39 is 0 Å². The van der Waals surface area contributed by atoms with Crippen molar-refractivity contribution in [2.24, 2.45) is 27.2 Å². The second-order valence-corrected chi connectivity index (χ2v) is 2.77. The Labute approximate surface area is 70.9 Å². The van der Waals surface area contributed by atoms with Crippen LogP contribution in [0.5, 0.6) is 0 Å². The van der Waals surface area contributed by atoms with Gasteiger partial charge < -0.3 is 22.5 Å². The van der Waals surface area contributed by atoms with Gasteiger partial charge in [0.25, 0.3) is 0 Å². The highest BCUT2D eigenvalue weighted by molar-refractivity contribution is 5.80. The third kappa shape index (κ3) is 2.01. The molecule has 2 atom stereocenters.